The quantitative estimate of drug-likeness (QED) is 0.859. The molecule has 3 nitrogen and oxygen atoms in total. The Morgan fingerprint density at radius 2 is 2.22 bits per heavy atom. The van der Waals surface area contributed by atoms with E-state index in [2.05, 4.69) is 5.32 Å². The van der Waals surface area contributed by atoms with Gasteiger partial charge in [0.25, 0.3) is 0 Å². The molecule has 0 aliphatic heterocycles. The summed E-state index contributed by atoms with van der Waals surface area (Å²) in [5, 5.41) is 12.8. The monoisotopic (exact) mass is 267 g/mol. The molecule has 1 aliphatic carbocycles. The second-order valence-electron chi connectivity index (χ2n) is 5.07. The van der Waals surface area contributed by atoms with Crippen LogP contribution in [0, 0.1) is 6.92 Å². The first-order chi connectivity index (χ1) is 8.54. The molecule has 1 aliphatic rings. The standard InChI is InChI=1S/C14H18ClNO2/c1-10-2-3-11(8-12(10)15)4-5-13(18)16-14(9-17)6-7-14/h2-3,8,17H,4-7,9H2,1H3,(H,16,18). The van der Waals surface area contributed by atoms with Gasteiger partial charge in [0.15, 0.2) is 0 Å². The van der Waals surface area contributed by atoms with Crippen LogP contribution in [0.5, 0.6) is 0 Å². The van der Waals surface area contributed by atoms with Gasteiger partial charge < -0.3 is 10.4 Å². The summed E-state index contributed by atoms with van der Waals surface area (Å²) in [7, 11) is 0. The van der Waals surface area contributed by atoms with E-state index in [0.29, 0.717) is 12.8 Å². The van der Waals surface area contributed by atoms with Gasteiger partial charge in [0, 0.05) is 11.4 Å². The molecule has 0 unspecified atom stereocenters. The molecule has 98 valence electrons. The summed E-state index contributed by atoms with van der Waals surface area (Å²) in [5.74, 6) is -0.00162. The minimum absolute atomic E-state index is 0.00162. The van der Waals surface area contributed by atoms with Gasteiger partial charge in [0.1, 0.15) is 0 Å². The van der Waals surface area contributed by atoms with Crippen LogP contribution >= 0.6 is 11.6 Å². The van der Waals surface area contributed by atoms with E-state index in [1.54, 1.807) is 0 Å². The molecule has 18 heavy (non-hydrogen) atoms. The highest BCUT2D eigenvalue weighted by molar-refractivity contribution is 6.31. The molecule has 4 heteroatoms. The summed E-state index contributed by atoms with van der Waals surface area (Å²) >= 11 is 6.03. The van der Waals surface area contributed by atoms with E-state index >= 15 is 0 Å². The molecule has 0 saturated heterocycles. The molecule has 0 heterocycles. The van der Waals surface area contributed by atoms with E-state index in [4.69, 9.17) is 16.7 Å². The van der Waals surface area contributed by atoms with E-state index in [9.17, 15) is 4.79 Å². The third-order valence-corrected chi connectivity index (χ3v) is 3.84. The predicted molar refractivity (Wildman–Crippen MR) is 71.7 cm³/mol. The first-order valence-electron chi connectivity index (χ1n) is 6.22. The van der Waals surface area contributed by atoms with Gasteiger partial charge in [0.2, 0.25) is 5.91 Å². The SMILES string of the molecule is Cc1ccc(CCC(=O)NC2(CO)CC2)cc1Cl. The summed E-state index contributed by atoms with van der Waals surface area (Å²) in [6.45, 7) is 1.99. The van der Waals surface area contributed by atoms with Crippen molar-refractivity contribution in [3.63, 3.8) is 0 Å². The van der Waals surface area contributed by atoms with E-state index in [1.807, 2.05) is 25.1 Å². The second-order valence-corrected chi connectivity index (χ2v) is 5.48. The van der Waals surface area contributed by atoms with E-state index in [1.165, 1.54) is 0 Å². The highest BCUT2D eigenvalue weighted by Gasteiger charge is 2.43. The Bertz CT molecular complexity index is 455. The van der Waals surface area contributed by atoms with Crippen LogP contribution in [0.1, 0.15) is 30.4 Å². The molecule has 0 atom stereocenters. The number of carbonyl (C=O) groups excluding carboxylic acids is 1. The number of nitrogens with one attached hydrogen (secondary N) is 1. The molecule has 0 spiro atoms. The van der Waals surface area contributed by atoms with Gasteiger partial charge >= 0.3 is 0 Å². The zero-order chi connectivity index (χ0) is 13.2. The van der Waals surface area contributed by atoms with Crippen molar-refractivity contribution in [2.75, 3.05) is 6.61 Å². The van der Waals surface area contributed by atoms with Crippen LogP contribution in [0.2, 0.25) is 5.02 Å². The van der Waals surface area contributed by atoms with Crippen molar-refractivity contribution in [1.82, 2.24) is 5.32 Å². The number of rotatable bonds is 5. The number of benzene rings is 1. The summed E-state index contributed by atoms with van der Waals surface area (Å²) in [4.78, 5) is 11.7. The van der Waals surface area contributed by atoms with Crippen LogP contribution in [-0.4, -0.2) is 23.2 Å². The van der Waals surface area contributed by atoms with Gasteiger partial charge in [-0.15, -0.1) is 0 Å². The first kappa shape index (κ1) is 13.4. The van der Waals surface area contributed by atoms with Crippen molar-refractivity contribution >= 4 is 17.5 Å². The highest BCUT2D eigenvalue weighted by atomic mass is 35.5. The summed E-state index contributed by atoms with van der Waals surface area (Å²) < 4.78 is 0. The number of aliphatic hydroxyl groups is 1. The third-order valence-electron chi connectivity index (χ3n) is 3.44. The van der Waals surface area contributed by atoms with Crippen LogP contribution in [0.4, 0.5) is 0 Å². The van der Waals surface area contributed by atoms with Gasteiger partial charge in [-0.3, -0.25) is 4.79 Å². The van der Waals surface area contributed by atoms with Crippen molar-refractivity contribution in [3.05, 3.63) is 34.3 Å². The van der Waals surface area contributed by atoms with Crippen LogP contribution in [0.25, 0.3) is 0 Å². The van der Waals surface area contributed by atoms with Gasteiger partial charge in [-0.25, -0.2) is 0 Å². The maximum atomic E-state index is 11.7. The molecular weight excluding hydrogens is 250 g/mol. The number of amides is 1. The van der Waals surface area contributed by atoms with Gasteiger partial charge in [-0.1, -0.05) is 23.7 Å². The lowest BCUT2D eigenvalue weighted by Gasteiger charge is -2.14. The highest BCUT2D eigenvalue weighted by Crippen LogP contribution is 2.34. The second kappa shape index (κ2) is 5.29. The fraction of sp³-hybridized carbons (Fsp3) is 0.500. The molecule has 1 saturated carbocycles. The van der Waals surface area contributed by atoms with Crippen molar-refractivity contribution in [2.45, 2.75) is 38.1 Å². The lowest BCUT2D eigenvalue weighted by atomic mass is 10.1. The number of hydrogen-bond acceptors (Lipinski definition) is 2. The number of carbonyl (C=O) groups is 1. The Hall–Kier alpha value is -1.06. The fourth-order valence-corrected chi connectivity index (χ4v) is 2.08. The molecule has 1 aromatic carbocycles. The van der Waals surface area contributed by atoms with E-state index < -0.39 is 0 Å². The average Bonchev–Trinajstić information content (AvgIpc) is 3.11. The molecule has 0 radical (unpaired) electrons. The summed E-state index contributed by atoms with van der Waals surface area (Å²) in [6.07, 6.45) is 2.87. The molecule has 1 aromatic rings. The normalized spacial score (nSPS) is 16.4. The maximum absolute atomic E-state index is 11.7. The summed E-state index contributed by atoms with van der Waals surface area (Å²) in [5.41, 5.74) is 1.79. The number of halogens is 1. The van der Waals surface area contributed by atoms with E-state index in [-0.39, 0.29) is 18.1 Å². The number of hydrogen-bond donors (Lipinski definition) is 2. The molecule has 2 rings (SSSR count). The van der Waals surface area contributed by atoms with Gasteiger partial charge in [-0.05, 0) is 43.4 Å². The maximum Gasteiger partial charge on any atom is 0.220 e. The van der Waals surface area contributed by atoms with Crippen LogP contribution in [0.3, 0.4) is 0 Å². The minimum atomic E-state index is -0.317. The van der Waals surface area contributed by atoms with Gasteiger partial charge in [-0.2, -0.15) is 0 Å². The Morgan fingerprint density at radius 3 is 2.78 bits per heavy atom. The topological polar surface area (TPSA) is 49.3 Å². The zero-order valence-corrected chi connectivity index (χ0v) is 11.3. The van der Waals surface area contributed by atoms with Crippen molar-refractivity contribution in [2.24, 2.45) is 0 Å². The van der Waals surface area contributed by atoms with Crippen LogP contribution in [-0.2, 0) is 11.2 Å². The van der Waals surface area contributed by atoms with E-state index in [0.717, 1.165) is 29.0 Å². The molecule has 2 N–H and O–H groups in total. The lowest BCUT2D eigenvalue weighted by molar-refractivity contribution is -0.122. The van der Waals surface area contributed by atoms with Crippen LogP contribution < -0.4 is 5.32 Å². The van der Waals surface area contributed by atoms with Crippen molar-refractivity contribution < 1.29 is 9.90 Å². The number of aliphatic hydroxyl groups excluding tert-OH is 1. The molecular formula is C14H18ClNO2. The average molecular weight is 268 g/mol. The largest absolute Gasteiger partial charge is 0.394 e. The smallest absolute Gasteiger partial charge is 0.220 e. The molecule has 0 bridgehead atoms. The van der Waals surface area contributed by atoms with Crippen molar-refractivity contribution in [1.29, 1.82) is 0 Å². The lowest BCUT2D eigenvalue weighted by Crippen LogP contribution is -2.39. The molecule has 1 fully saturated rings. The van der Waals surface area contributed by atoms with Crippen molar-refractivity contribution in [3.8, 4) is 0 Å². The Kier molecular flexibility index (Phi) is 3.93. The molecule has 1 amide bonds. The predicted octanol–water partition coefficient (Wildman–Crippen LogP) is 2.22. The first-order valence-corrected chi connectivity index (χ1v) is 6.59. The Labute approximate surface area is 112 Å². The Morgan fingerprint density at radius 1 is 1.50 bits per heavy atom. The minimum Gasteiger partial charge on any atom is -0.394 e. The number of aryl methyl sites for hydroxylation is 2. The Balaban J connectivity index is 1.84. The third kappa shape index (κ3) is 3.24. The molecule has 0 aromatic heterocycles. The summed E-state index contributed by atoms with van der Waals surface area (Å²) in [6, 6.07) is 5.86. The zero-order valence-electron chi connectivity index (χ0n) is 10.5. The fourth-order valence-electron chi connectivity index (χ4n) is 1.88. The van der Waals surface area contributed by atoms with Crippen LogP contribution in [0.15, 0.2) is 18.2 Å². The van der Waals surface area contributed by atoms with Gasteiger partial charge in [0.05, 0.1) is 12.1 Å².